The van der Waals surface area contributed by atoms with Crippen LogP contribution < -0.4 is 5.32 Å². The first-order valence-corrected chi connectivity index (χ1v) is 4.92. The van der Waals surface area contributed by atoms with Crippen molar-refractivity contribution >= 4 is 27.7 Å². The Bertz CT molecular complexity index is 355. The first-order chi connectivity index (χ1) is 6.50. The van der Waals surface area contributed by atoms with Crippen molar-refractivity contribution in [3.8, 4) is 0 Å². The summed E-state index contributed by atoms with van der Waals surface area (Å²) >= 11 is 3.11. The van der Waals surface area contributed by atoms with Crippen LogP contribution in [-0.2, 0) is 4.79 Å². The molecule has 0 spiro atoms. The summed E-state index contributed by atoms with van der Waals surface area (Å²) in [5.41, 5.74) is 0. The van der Waals surface area contributed by atoms with Crippen molar-refractivity contribution in [3.63, 3.8) is 0 Å². The Morgan fingerprint density at radius 1 is 1.64 bits per heavy atom. The van der Waals surface area contributed by atoms with E-state index in [1.807, 2.05) is 0 Å². The quantitative estimate of drug-likeness (QED) is 0.888. The van der Waals surface area contributed by atoms with Gasteiger partial charge in [0.2, 0.25) is 5.91 Å². The third-order valence-corrected chi connectivity index (χ3v) is 2.18. The van der Waals surface area contributed by atoms with Gasteiger partial charge < -0.3 is 5.32 Å². The van der Waals surface area contributed by atoms with Gasteiger partial charge in [0.1, 0.15) is 11.6 Å². The second kappa shape index (κ2) is 4.50. The molecule has 1 heterocycles. The van der Waals surface area contributed by atoms with Crippen LogP contribution in [0.3, 0.4) is 0 Å². The Hall–Kier alpha value is -0.970. The number of nitrogens with one attached hydrogen (secondary N) is 1. The fourth-order valence-corrected chi connectivity index (χ4v) is 1.19. The van der Waals surface area contributed by atoms with Crippen molar-refractivity contribution in [2.45, 2.75) is 13.8 Å². The van der Waals surface area contributed by atoms with Crippen LogP contribution in [0.25, 0.3) is 0 Å². The minimum Gasteiger partial charge on any atom is -0.310 e. The Morgan fingerprint density at radius 2 is 2.29 bits per heavy atom. The summed E-state index contributed by atoms with van der Waals surface area (Å²) in [6.45, 7) is 3.54. The van der Waals surface area contributed by atoms with Crippen LogP contribution in [0.4, 0.5) is 10.2 Å². The topological polar surface area (TPSA) is 42.0 Å². The number of rotatable bonds is 2. The van der Waals surface area contributed by atoms with E-state index in [1.54, 1.807) is 13.8 Å². The molecule has 0 unspecified atom stereocenters. The number of hydrogen-bond donors (Lipinski definition) is 1. The molecule has 0 saturated heterocycles. The van der Waals surface area contributed by atoms with Crippen LogP contribution in [0.1, 0.15) is 13.8 Å². The molecule has 0 aliphatic carbocycles. The second-order valence-electron chi connectivity index (χ2n) is 3.13. The molecule has 1 amide bonds. The maximum atomic E-state index is 12.6. The molecule has 0 aliphatic rings. The molecule has 0 radical (unpaired) electrons. The Balaban J connectivity index is 2.82. The average molecular weight is 261 g/mol. The molecule has 76 valence electrons. The Kier molecular flexibility index (Phi) is 3.57. The predicted molar refractivity (Wildman–Crippen MR) is 55.4 cm³/mol. The minimum absolute atomic E-state index is 0.131. The first-order valence-electron chi connectivity index (χ1n) is 4.12. The molecule has 0 saturated carbocycles. The van der Waals surface area contributed by atoms with Gasteiger partial charge in [-0.25, -0.2) is 9.37 Å². The number of carbonyl (C=O) groups is 1. The van der Waals surface area contributed by atoms with Gasteiger partial charge in [-0.3, -0.25) is 4.79 Å². The molecule has 14 heavy (non-hydrogen) atoms. The molecular weight excluding hydrogens is 251 g/mol. The average Bonchev–Trinajstić information content (AvgIpc) is 2.09. The van der Waals surface area contributed by atoms with E-state index < -0.39 is 5.82 Å². The molecule has 3 nitrogen and oxygen atoms in total. The van der Waals surface area contributed by atoms with Gasteiger partial charge in [0, 0.05) is 5.92 Å². The van der Waals surface area contributed by atoms with Crippen LogP contribution in [0.2, 0.25) is 0 Å². The SMILES string of the molecule is CC(C)C(=O)Nc1ncc(F)cc1Br. The maximum absolute atomic E-state index is 12.6. The number of amides is 1. The smallest absolute Gasteiger partial charge is 0.228 e. The highest BCUT2D eigenvalue weighted by Gasteiger charge is 2.10. The molecule has 1 aromatic rings. The van der Waals surface area contributed by atoms with E-state index in [1.165, 1.54) is 6.07 Å². The minimum atomic E-state index is -0.445. The number of halogens is 2. The summed E-state index contributed by atoms with van der Waals surface area (Å²) in [6, 6.07) is 1.25. The van der Waals surface area contributed by atoms with E-state index in [9.17, 15) is 9.18 Å². The molecule has 0 bridgehead atoms. The summed E-state index contributed by atoms with van der Waals surface area (Å²) in [5, 5.41) is 2.57. The van der Waals surface area contributed by atoms with Crippen molar-refractivity contribution < 1.29 is 9.18 Å². The van der Waals surface area contributed by atoms with E-state index in [0.29, 0.717) is 10.3 Å². The fourth-order valence-electron chi connectivity index (χ4n) is 0.768. The highest BCUT2D eigenvalue weighted by molar-refractivity contribution is 9.10. The highest BCUT2D eigenvalue weighted by atomic mass is 79.9. The van der Waals surface area contributed by atoms with Crippen molar-refractivity contribution in [1.82, 2.24) is 4.98 Å². The van der Waals surface area contributed by atoms with Gasteiger partial charge in [-0.1, -0.05) is 13.8 Å². The van der Waals surface area contributed by atoms with Crippen LogP contribution in [0.15, 0.2) is 16.7 Å². The zero-order valence-electron chi connectivity index (χ0n) is 7.84. The normalized spacial score (nSPS) is 10.4. The zero-order chi connectivity index (χ0) is 10.7. The van der Waals surface area contributed by atoms with Gasteiger partial charge in [-0.2, -0.15) is 0 Å². The third kappa shape index (κ3) is 2.77. The Morgan fingerprint density at radius 3 is 2.79 bits per heavy atom. The van der Waals surface area contributed by atoms with E-state index in [2.05, 4.69) is 26.2 Å². The summed E-state index contributed by atoms with van der Waals surface area (Å²) in [4.78, 5) is 15.0. The lowest BCUT2D eigenvalue weighted by molar-refractivity contribution is -0.118. The lowest BCUT2D eigenvalue weighted by atomic mass is 10.2. The number of nitrogens with zero attached hydrogens (tertiary/aromatic N) is 1. The first kappa shape index (κ1) is 11.1. The van der Waals surface area contributed by atoms with Crippen molar-refractivity contribution in [3.05, 3.63) is 22.6 Å². The van der Waals surface area contributed by atoms with Crippen LogP contribution in [-0.4, -0.2) is 10.9 Å². The van der Waals surface area contributed by atoms with E-state index in [0.717, 1.165) is 6.20 Å². The van der Waals surface area contributed by atoms with Gasteiger partial charge in [0.05, 0.1) is 10.7 Å². The van der Waals surface area contributed by atoms with E-state index in [-0.39, 0.29) is 11.8 Å². The Labute approximate surface area is 89.9 Å². The van der Waals surface area contributed by atoms with Gasteiger partial charge in [-0.05, 0) is 22.0 Å². The fraction of sp³-hybridized carbons (Fsp3) is 0.333. The number of hydrogen-bond acceptors (Lipinski definition) is 2. The number of anilines is 1. The van der Waals surface area contributed by atoms with Crippen molar-refractivity contribution in [1.29, 1.82) is 0 Å². The van der Waals surface area contributed by atoms with Crippen LogP contribution >= 0.6 is 15.9 Å². The molecule has 1 N–H and O–H groups in total. The molecule has 1 aromatic heterocycles. The van der Waals surface area contributed by atoms with Crippen molar-refractivity contribution in [2.75, 3.05) is 5.32 Å². The highest BCUT2D eigenvalue weighted by Crippen LogP contribution is 2.20. The number of aromatic nitrogens is 1. The summed E-state index contributed by atoms with van der Waals surface area (Å²) in [7, 11) is 0. The lowest BCUT2D eigenvalue weighted by Crippen LogP contribution is -2.18. The van der Waals surface area contributed by atoms with Gasteiger partial charge in [0.25, 0.3) is 0 Å². The summed E-state index contributed by atoms with van der Waals surface area (Å²) in [5.74, 6) is -0.386. The zero-order valence-corrected chi connectivity index (χ0v) is 9.43. The van der Waals surface area contributed by atoms with Crippen LogP contribution in [0.5, 0.6) is 0 Å². The van der Waals surface area contributed by atoms with Crippen LogP contribution in [0, 0.1) is 11.7 Å². The van der Waals surface area contributed by atoms with Gasteiger partial charge in [0.15, 0.2) is 0 Å². The number of pyridine rings is 1. The number of carbonyl (C=O) groups excluding carboxylic acids is 1. The molecular formula is C9H10BrFN2O. The molecule has 0 aliphatic heterocycles. The second-order valence-corrected chi connectivity index (χ2v) is 3.98. The summed E-state index contributed by atoms with van der Waals surface area (Å²) < 4.78 is 13.1. The predicted octanol–water partition coefficient (Wildman–Crippen LogP) is 2.58. The van der Waals surface area contributed by atoms with Gasteiger partial charge in [-0.15, -0.1) is 0 Å². The molecule has 5 heteroatoms. The monoisotopic (exact) mass is 260 g/mol. The largest absolute Gasteiger partial charge is 0.310 e. The van der Waals surface area contributed by atoms with E-state index >= 15 is 0 Å². The standard InChI is InChI=1S/C9H10BrFN2O/c1-5(2)9(14)13-8-7(10)3-6(11)4-12-8/h3-5H,1-2H3,(H,12,13,14). The lowest BCUT2D eigenvalue weighted by Gasteiger charge is -2.07. The molecule has 0 fully saturated rings. The van der Waals surface area contributed by atoms with Gasteiger partial charge >= 0.3 is 0 Å². The molecule has 0 atom stereocenters. The summed E-state index contributed by atoms with van der Waals surface area (Å²) in [6.07, 6.45) is 1.06. The molecule has 1 rings (SSSR count). The maximum Gasteiger partial charge on any atom is 0.228 e. The third-order valence-electron chi connectivity index (χ3n) is 1.57. The van der Waals surface area contributed by atoms with E-state index in [4.69, 9.17) is 0 Å². The van der Waals surface area contributed by atoms with Crippen molar-refractivity contribution in [2.24, 2.45) is 5.92 Å². The molecule has 0 aromatic carbocycles.